The van der Waals surface area contributed by atoms with Crippen LogP contribution in [-0.2, 0) is 17.1 Å². The van der Waals surface area contributed by atoms with Crippen molar-refractivity contribution in [3.63, 3.8) is 0 Å². The number of alkyl halides is 2. The lowest BCUT2D eigenvalue weighted by atomic mass is 10.0. The van der Waals surface area contributed by atoms with Gasteiger partial charge < -0.3 is 5.32 Å². The molecule has 4 rings (SSSR count). The zero-order chi connectivity index (χ0) is 21.3. The number of halogens is 3. The summed E-state index contributed by atoms with van der Waals surface area (Å²) in [6.45, 7) is 0.623. The molecule has 0 atom stereocenters. The van der Waals surface area contributed by atoms with Gasteiger partial charge in [-0.3, -0.25) is 4.79 Å². The van der Waals surface area contributed by atoms with Crippen molar-refractivity contribution in [2.75, 3.05) is 5.32 Å². The van der Waals surface area contributed by atoms with Gasteiger partial charge in [0.25, 0.3) is 5.92 Å². The summed E-state index contributed by atoms with van der Waals surface area (Å²) in [6.07, 6.45) is 3.36. The summed E-state index contributed by atoms with van der Waals surface area (Å²) < 4.78 is 42.1. The van der Waals surface area contributed by atoms with Crippen LogP contribution >= 0.6 is 0 Å². The van der Waals surface area contributed by atoms with E-state index in [2.05, 4.69) is 15.4 Å². The molecule has 0 saturated carbocycles. The van der Waals surface area contributed by atoms with Gasteiger partial charge in [-0.05, 0) is 47.0 Å². The van der Waals surface area contributed by atoms with Crippen LogP contribution in [-0.4, -0.2) is 20.5 Å². The molecular weight excluding hydrogens is 393 g/mol. The second-order valence-electron chi connectivity index (χ2n) is 6.98. The van der Waals surface area contributed by atoms with E-state index in [4.69, 9.17) is 0 Å². The highest BCUT2D eigenvalue weighted by molar-refractivity contribution is 5.92. The van der Waals surface area contributed by atoms with Crippen molar-refractivity contribution in [1.82, 2.24) is 14.6 Å². The van der Waals surface area contributed by atoms with Crippen LogP contribution in [0.2, 0.25) is 0 Å². The molecular formula is C22H17F3N4O. The Morgan fingerprint density at radius 2 is 1.83 bits per heavy atom. The van der Waals surface area contributed by atoms with Crippen molar-refractivity contribution in [3.8, 4) is 11.1 Å². The molecule has 30 heavy (non-hydrogen) atoms. The molecule has 0 aliphatic carbocycles. The molecule has 0 radical (unpaired) electrons. The maximum atomic E-state index is 13.9. The number of carbonyl (C=O) groups excluding carboxylic acids is 1. The smallest absolute Gasteiger partial charge is 0.273 e. The summed E-state index contributed by atoms with van der Waals surface area (Å²) in [5, 5.41) is 6.59. The number of aromatic nitrogens is 3. The Morgan fingerprint density at radius 3 is 2.53 bits per heavy atom. The molecule has 2 aromatic carbocycles. The number of nitrogens with one attached hydrogen (secondary N) is 1. The van der Waals surface area contributed by atoms with Gasteiger partial charge >= 0.3 is 0 Å². The van der Waals surface area contributed by atoms with Gasteiger partial charge in [0.2, 0.25) is 5.91 Å². The lowest BCUT2D eigenvalue weighted by Crippen LogP contribution is -2.15. The van der Waals surface area contributed by atoms with E-state index in [0.717, 1.165) is 34.5 Å². The number of nitrogens with zero attached hydrogens (tertiary/aromatic N) is 3. The van der Waals surface area contributed by atoms with Crippen LogP contribution in [0.3, 0.4) is 0 Å². The molecule has 152 valence electrons. The molecule has 2 heterocycles. The first-order valence-corrected chi connectivity index (χ1v) is 9.16. The largest absolute Gasteiger partial charge is 0.326 e. The van der Waals surface area contributed by atoms with Crippen molar-refractivity contribution in [3.05, 3.63) is 84.1 Å². The van der Waals surface area contributed by atoms with Crippen LogP contribution in [0.25, 0.3) is 16.8 Å². The molecule has 5 nitrogen and oxygen atoms in total. The standard InChI is InChI=1S/C22H17F3N4O/c1-22(24,25)18-7-6-17(12-19(18)23)28-21(30)10-14-2-4-15(5-3-14)16-8-9-29-20(11-16)26-13-27-29/h2-9,11-13H,10H2,1H3,(H,28,30). The minimum Gasteiger partial charge on any atom is -0.326 e. The van der Waals surface area contributed by atoms with Crippen LogP contribution in [0, 0.1) is 5.82 Å². The van der Waals surface area contributed by atoms with Gasteiger partial charge in [0.15, 0.2) is 5.65 Å². The number of fused-ring (bicyclic) bond motifs is 1. The molecule has 0 bridgehead atoms. The van der Waals surface area contributed by atoms with Crippen molar-refractivity contribution in [2.45, 2.75) is 19.3 Å². The van der Waals surface area contributed by atoms with Gasteiger partial charge in [-0.1, -0.05) is 24.3 Å². The predicted molar refractivity (Wildman–Crippen MR) is 107 cm³/mol. The number of amides is 1. The average molecular weight is 410 g/mol. The summed E-state index contributed by atoms with van der Waals surface area (Å²) in [7, 11) is 0. The SMILES string of the molecule is CC(F)(F)c1ccc(NC(=O)Cc2ccc(-c3ccn4ncnc4c3)cc2)cc1F. The van der Waals surface area contributed by atoms with Crippen LogP contribution in [0.5, 0.6) is 0 Å². The fourth-order valence-corrected chi connectivity index (χ4v) is 3.15. The van der Waals surface area contributed by atoms with Crippen LogP contribution in [0.1, 0.15) is 18.1 Å². The van der Waals surface area contributed by atoms with Crippen molar-refractivity contribution < 1.29 is 18.0 Å². The highest BCUT2D eigenvalue weighted by Crippen LogP contribution is 2.30. The van der Waals surface area contributed by atoms with E-state index in [1.54, 1.807) is 4.52 Å². The first kappa shape index (κ1) is 19.6. The van der Waals surface area contributed by atoms with Gasteiger partial charge in [0.1, 0.15) is 12.1 Å². The summed E-state index contributed by atoms with van der Waals surface area (Å²) >= 11 is 0. The summed E-state index contributed by atoms with van der Waals surface area (Å²) in [5.41, 5.74) is 2.84. The van der Waals surface area contributed by atoms with E-state index in [-0.39, 0.29) is 18.0 Å². The number of anilines is 1. The van der Waals surface area contributed by atoms with Crippen LogP contribution < -0.4 is 5.32 Å². The highest BCUT2D eigenvalue weighted by atomic mass is 19.3. The second-order valence-corrected chi connectivity index (χ2v) is 6.98. The number of rotatable bonds is 5. The third-order valence-corrected chi connectivity index (χ3v) is 4.66. The lowest BCUT2D eigenvalue weighted by molar-refractivity contribution is -0.115. The Hall–Kier alpha value is -3.68. The third kappa shape index (κ3) is 4.17. The normalized spacial score (nSPS) is 11.6. The summed E-state index contributed by atoms with van der Waals surface area (Å²) in [4.78, 5) is 16.4. The Morgan fingerprint density at radius 1 is 1.07 bits per heavy atom. The molecule has 0 fully saturated rings. The summed E-state index contributed by atoms with van der Waals surface area (Å²) in [5.74, 6) is -4.72. The number of benzene rings is 2. The fourth-order valence-electron chi connectivity index (χ4n) is 3.15. The maximum Gasteiger partial charge on any atom is 0.273 e. The van der Waals surface area contributed by atoms with E-state index in [1.807, 2.05) is 42.6 Å². The quantitative estimate of drug-likeness (QED) is 0.513. The minimum absolute atomic E-state index is 0.0663. The Labute approximate surface area is 170 Å². The maximum absolute atomic E-state index is 13.9. The second kappa shape index (κ2) is 7.62. The van der Waals surface area contributed by atoms with E-state index in [0.29, 0.717) is 6.92 Å². The van der Waals surface area contributed by atoms with Gasteiger partial charge in [-0.25, -0.2) is 22.7 Å². The molecule has 4 aromatic rings. The van der Waals surface area contributed by atoms with Gasteiger partial charge in [-0.2, -0.15) is 5.10 Å². The Balaban J connectivity index is 1.43. The predicted octanol–water partition coefficient (Wildman–Crippen LogP) is 4.83. The molecule has 0 aliphatic heterocycles. The van der Waals surface area contributed by atoms with E-state index in [1.165, 1.54) is 12.4 Å². The van der Waals surface area contributed by atoms with Gasteiger partial charge in [0, 0.05) is 18.8 Å². The molecule has 2 aromatic heterocycles. The van der Waals surface area contributed by atoms with E-state index >= 15 is 0 Å². The van der Waals surface area contributed by atoms with Crippen molar-refractivity contribution in [1.29, 1.82) is 0 Å². The van der Waals surface area contributed by atoms with Gasteiger partial charge in [-0.15, -0.1) is 0 Å². The molecule has 0 aliphatic rings. The zero-order valence-electron chi connectivity index (χ0n) is 15.9. The van der Waals surface area contributed by atoms with Crippen LogP contribution in [0.4, 0.5) is 18.9 Å². The summed E-state index contributed by atoms with van der Waals surface area (Å²) in [6, 6.07) is 14.4. The van der Waals surface area contributed by atoms with Gasteiger partial charge in [0.05, 0.1) is 12.0 Å². The highest BCUT2D eigenvalue weighted by Gasteiger charge is 2.28. The monoisotopic (exact) mass is 410 g/mol. The van der Waals surface area contributed by atoms with Crippen molar-refractivity contribution >= 4 is 17.2 Å². The number of hydrogen-bond donors (Lipinski definition) is 1. The molecule has 8 heteroatoms. The molecule has 0 unspecified atom stereocenters. The Bertz CT molecular complexity index is 1210. The minimum atomic E-state index is -3.28. The Kier molecular flexibility index (Phi) is 4.99. The number of carbonyl (C=O) groups is 1. The lowest BCUT2D eigenvalue weighted by Gasteiger charge is -2.13. The molecule has 1 amide bonds. The zero-order valence-corrected chi connectivity index (χ0v) is 15.9. The molecule has 0 spiro atoms. The molecule has 0 saturated heterocycles. The topological polar surface area (TPSA) is 59.3 Å². The van der Waals surface area contributed by atoms with Crippen LogP contribution in [0.15, 0.2) is 67.1 Å². The fraction of sp³-hybridized carbons (Fsp3) is 0.136. The van der Waals surface area contributed by atoms with Crippen molar-refractivity contribution in [2.24, 2.45) is 0 Å². The first-order chi connectivity index (χ1) is 14.3. The average Bonchev–Trinajstić information content (AvgIpc) is 3.15. The molecule has 1 N–H and O–H groups in total. The van der Waals surface area contributed by atoms with E-state index in [9.17, 15) is 18.0 Å². The number of pyridine rings is 1. The first-order valence-electron chi connectivity index (χ1n) is 9.16. The third-order valence-electron chi connectivity index (χ3n) is 4.66. The van der Waals surface area contributed by atoms with E-state index < -0.39 is 17.3 Å². The number of hydrogen-bond acceptors (Lipinski definition) is 3.